The quantitative estimate of drug-likeness (QED) is 0.727. The summed E-state index contributed by atoms with van der Waals surface area (Å²) in [6, 6.07) is 0. The summed E-state index contributed by atoms with van der Waals surface area (Å²) in [4.78, 5) is 12.1. The lowest BCUT2D eigenvalue weighted by Crippen LogP contribution is -2.43. The van der Waals surface area contributed by atoms with Gasteiger partial charge in [-0.05, 0) is 82.0 Å². The smallest absolute Gasteiger partial charge is 0.133 e. The summed E-state index contributed by atoms with van der Waals surface area (Å²) < 4.78 is 0. The molecule has 3 aliphatic carbocycles. The molecule has 6 atom stereocenters. The molecule has 0 amide bonds. The van der Waals surface area contributed by atoms with Gasteiger partial charge in [-0.3, -0.25) is 4.79 Å². The molecule has 3 fully saturated rings. The average molecular weight is 321 g/mol. The van der Waals surface area contributed by atoms with E-state index in [0.29, 0.717) is 11.7 Å². The van der Waals surface area contributed by atoms with Gasteiger partial charge in [-0.25, -0.2) is 0 Å². The Morgan fingerprint density at radius 3 is 2.39 bits per heavy atom. The summed E-state index contributed by atoms with van der Waals surface area (Å²) >= 11 is 0. The van der Waals surface area contributed by atoms with Gasteiger partial charge in [0.05, 0.1) is 5.60 Å². The number of hydrogen-bond acceptors (Lipinski definition) is 2. The lowest BCUT2D eigenvalue weighted by molar-refractivity contribution is -0.126. The van der Waals surface area contributed by atoms with Gasteiger partial charge in [0.15, 0.2) is 0 Å². The first-order valence-corrected chi connectivity index (χ1v) is 10.1. The molecule has 0 aliphatic heterocycles. The molecule has 0 saturated heterocycles. The molecule has 0 aromatic rings. The maximum atomic E-state index is 12.1. The highest BCUT2D eigenvalue weighted by Gasteiger charge is 2.54. The molecular weight excluding hydrogens is 284 g/mol. The first kappa shape index (κ1) is 17.5. The Labute approximate surface area is 142 Å². The van der Waals surface area contributed by atoms with E-state index < -0.39 is 5.60 Å². The summed E-state index contributed by atoms with van der Waals surface area (Å²) in [6.45, 7) is 6.27. The molecule has 3 rings (SSSR count). The average Bonchev–Trinajstić information content (AvgIpc) is 2.82. The van der Waals surface area contributed by atoms with Gasteiger partial charge < -0.3 is 5.11 Å². The summed E-state index contributed by atoms with van der Waals surface area (Å²) in [6.07, 6.45) is 13.1. The van der Waals surface area contributed by atoms with E-state index in [0.717, 1.165) is 43.4 Å². The number of hydrogen-bond donors (Lipinski definition) is 1. The molecule has 1 N–H and O–H groups in total. The molecule has 6 unspecified atom stereocenters. The molecule has 0 heterocycles. The van der Waals surface area contributed by atoms with Crippen LogP contribution >= 0.6 is 0 Å². The van der Waals surface area contributed by atoms with E-state index in [1.54, 1.807) is 0 Å². The molecule has 3 saturated carbocycles. The van der Waals surface area contributed by atoms with E-state index >= 15 is 0 Å². The SMILES string of the molecule is CC(=O)C1CCC2C3CCCCC(C)(O)CCCC3CCC12C. The fourth-order valence-electron chi connectivity index (χ4n) is 6.58. The highest BCUT2D eigenvalue weighted by Crippen LogP contribution is 2.60. The summed E-state index contributed by atoms with van der Waals surface area (Å²) in [5, 5.41) is 10.4. The first-order valence-electron chi connectivity index (χ1n) is 10.1. The van der Waals surface area contributed by atoms with Crippen LogP contribution in [-0.2, 0) is 4.79 Å². The first-order chi connectivity index (χ1) is 10.8. The summed E-state index contributed by atoms with van der Waals surface area (Å²) in [5.41, 5.74) is -0.161. The Hall–Kier alpha value is -0.370. The fraction of sp³-hybridized carbons (Fsp3) is 0.952. The zero-order valence-corrected chi connectivity index (χ0v) is 15.4. The Morgan fingerprint density at radius 2 is 1.65 bits per heavy atom. The van der Waals surface area contributed by atoms with E-state index in [9.17, 15) is 9.90 Å². The van der Waals surface area contributed by atoms with Crippen molar-refractivity contribution in [3.63, 3.8) is 0 Å². The van der Waals surface area contributed by atoms with E-state index in [4.69, 9.17) is 0 Å². The second-order valence-corrected chi connectivity index (χ2v) is 9.45. The zero-order valence-electron chi connectivity index (χ0n) is 15.4. The van der Waals surface area contributed by atoms with Crippen molar-refractivity contribution in [3.8, 4) is 0 Å². The summed E-state index contributed by atoms with van der Waals surface area (Å²) in [5.74, 6) is 3.21. The van der Waals surface area contributed by atoms with Crippen molar-refractivity contribution in [2.75, 3.05) is 0 Å². The number of carbonyl (C=O) groups is 1. The molecule has 0 aromatic carbocycles. The van der Waals surface area contributed by atoms with Crippen LogP contribution in [0.15, 0.2) is 0 Å². The molecule has 23 heavy (non-hydrogen) atoms. The zero-order chi connectivity index (χ0) is 16.7. The van der Waals surface area contributed by atoms with E-state index in [1.807, 2.05) is 13.8 Å². The third kappa shape index (κ3) is 3.38. The number of ketones is 1. The predicted octanol–water partition coefficient (Wildman–Crippen LogP) is 5.13. The molecule has 132 valence electrons. The monoisotopic (exact) mass is 320 g/mol. The number of aliphatic hydroxyl groups is 1. The third-order valence-electron chi connectivity index (χ3n) is 7.87. The normalized spacial score (nSPS) is 48.3. The second kappa shape index (κ2) is 6.50. The van der Waals surface area contributed by atoms with Crippen LogP contribution in [0, 0.1) is 29.1 Å². The lowest BCUT2D eigenvalue weighted by Gasteiger charge is -2.49. The number of carbonyl (C=O) groups excluding carboxylic acids is 1. The molecule has 0 radical (unpaired) electrons. The van der Waals surface area contributed by atoms with Crippen LogP contribution in [0.25, 0.3) is 0 Å². The standard InChI is InChI=1S/C21H36O2/c1-15(22)18-9-10-19-17-8-4-5-12-20(2,23)13-6-7-16(17)11-14-21(18,19)3/h16-19,23H,4-14H2,1-3H3. The molecule has 0 bridgehead atoms. The largest absolute Gasteiger partial charge is 0.390 e. The van der Waals surface area contributed by atoms with Crippen molar-refractivity contribution in [1.29, 1.82) is 0 Å². The predicted molar refractivity (Wildman–Crippen MR) is 94.2 cm³/mol. The van der Waals surface area contributed by atoms with Gasteiger partial charge in [0.2, 0.25) is 0 Å². The molecule has 0 spiro atoms. The van der Waals surface area contributed by atoms with Crippen LogP contribution in [0.1, 0.15) is 91.4 Å². The van der Waals surface area contributed by atoms with Crippen LogP contribution in [0.2, 0.25) is 0 Å². The molecule has 2 nitrogen and oxygen atoms in total. The van der Waals surface area contributed by atoms with Crippen molar-refractivity contribution >= 4 is 5.78 Å². The van der Waals surface area contributed by atoms with Crippen molar-refractivity contribution in [3.05, 3.63) is 0 Å². The van der Waals surface area contributed by atoms with Gasteiger partial charge in [-0.1, -0.05) is 32.6 Å². The Bertz CT molecular complexity index is 441. The minimum atomic E-state index is -0.441. The van der Waals surface area contributed by atoms with Gasteiger partial charge in [0.1, 0.15) is 5.78 Å². The third-order valence-corrected chi connectivity index (χ3v) is 7.87. The Morgan fingerprint density at radius 1 is 0.913 bits per heavy atom. The maximum absolute atomic E-state index is 12.1. The second-order valence-electron chi connectivity index (χ2n) is 9.45. The van der Waals surface area contributed by atoms with Gasteiger partial charge in [0.25, 0.3) is 0 Å². The van der Waals surface area contributed by atoms with Crippen LogP contribution < -0.4 is 0 Å². The van der Waals surface area contributed by atoms with Crippen LogP contribution in [0.4, 0.5) is 0 Å². The van der Waals surface area contributed by atoms with Gasteiger partial charge in [-0.2, -0.15) is 0 Å². The van der Waals surface area contributed by atoms with Gasteiger partial charge in [0, 0.05) is 5.92 Å². The van der Waals surface area contributed by atoms with Gasteiger partial charge in [-0.15, -0.1) is 0 Å². The molecule has 2 heteroatoms. The highest BCUT2D eigenvalue weighted by atomic mass is 16.3. The lowest BCUT2D eigenvalue weighted by atomic mass is 9.56. The van der Waals surface area contributed by atoms with Crippen LogP contribution in [0.3, 0.4) is 0 Å². The van der Waals surface area contributed by atoms with Crippen molar-refractivity contribution < 1.29 is 9.90 Å². The van der Waals surface area contributed by atoms with Crippen LogP contribution in [0.5, 0.6) is 0 Å². The summed E-state index contributed by atoms with van der Waals surface area (Å²) in [7, 11) is 0. The number of rotatable bonds is 1. The molecular formula is C21H36O2. The minimum absolute atomic E-state index is 0.280. The van der Waals surface area contributed by atoms with Crippen molar-refractivity contribution in [2.24, 2.45) is 29.1 Å². The topological polar surface area (TPSA) is 37.3 Å². The van der Waals surface area contributed by atoms with E-state index in [-0.39, 0.29) is 5.41 Å². The Kier molecular flexibility index (Phi) is 4.93. The number of fused-ring (bicyclic) bond motifs is 3. The van der Waals surface area contributed by atoms with E-state index in [2.05, 4.69) is 6.92 Å². The highest BCUT2D eigenvalue weighted by molar-refractivity contribution is 5.79. The van der Waals surface area contributed by atoms with E-state index in [1.165, 1.54) is 44.9 Å². The van der Waals surface area contributed by atoms with Crippen molar-refractivity contribution in [1.82, 2.24) is 0 Å². The van der Waals surface area contributed by atoms with Crippen LogP contribution in [-0.4, -0.2) is 16.5 Å². The minimum Gasteiger partial charge on any atom is -0.390 e. The number of Topliss-reactive ketones (excluding diaryl/α,β-unsaturated/α-hetero) is 1. The van der Waals surface area contributed by atoms with Gasteiger partial charge >= 0.3 is 0 Å². The van der Waals surface area contributed by atoms with Crippen molar-refractivity contribution in [2.45, 2.75) is 97.0 Å². The molecule has 0 aromatic heterocycles. The molecule has 3 aliphatic rings. The Balaban J connectivity index is 1.75. The fourth-order valence-corrected chi connectivity index (χ4v) is 6.58. The maximum Gasteiger partial charge on any atom is 0.133 e.